The van der Waals surface area contributed by atoms with Crippen LogP contribution in [0.25, 0.3) is 0 Å². The molecule has 0 unspecified atom stereocenters. The Labute approximate surface area is 474 Å². The molecule has 1 fully saturated rings. The molecule has 18 N–H and O–H groups in total. The van der Waals surface area contributed by atoms with E-state index in [9.17, 15) is 67.7 Å². The van der Waals surface area contributed by atoms with E-state index in [0.29, 0.717) is 36.9 Å². The van der Waals surface area contributed by atoms with E-state index in [1.807, 2.05) is 0 Å². The summed E-state index contributed by atoms with van der Waals surface area (Å²) >= 11 is 0. The number of unbranched alkanes of at least 4 members (excludes halogenated alkanes) is 1. The number of benzene rings is 2. The SMILES string of the molecule is CC(=O)N[C@@H](CCCCN)C(=O)NCC(=O)NCC(=O)N[C@@H](Cc1ccccc1)C(=O)N[C@@H](CO)C(=O)N1CCC[C@H]1C(=O)N[C@@H](Cc1ccccc1)C(=O)N[C@@H](C)C(=O)N[C@@H](C)C(=O)N[C@@H](CCCN=C(N)N)C(=O)N[C@@H](C)C(=O)O. The Morgan fingerprint density at radius 3 is 1.65 bits per heavy atom. The average molecular weight is 1150 g/mol. The number of rotatable bonds is 34. The van der Waals surface area contributed by atoms with Crippen LogP contribution >= 0.6 is 0 Å². The van der Waals surface area contributed by atoms with Gasteiger partial charge in [0.1, 0.15) is 54.4 Å². The van der Waals surface area contributed by atoms with Crippen molar-refractivity contribution in [3.05, 3.63) is 71.8 Å². The topological polar surface area (TPSA) is 459 Å². The lowest BCUT2D eigenvalue weighted by atomic mass is 10.0. The lowest BCUT2D eigenvalue weighted by Gasteiger charge is -2.30. The fourth-order valence-corrected chi connectivity index (χ4v) is 8.36. The molecule has 29 nitrogen and oxygen atoms in total. The summed E-state index contributed by atoms with van der Waals surface area (Å²) in [5, 5.41) is 44.6. The summed E-state index contributed by atoms with van der Waals surface area (Å²) in [6, 6.07) is 5.47. The van der Waals surface area contributed by atoms with Gasteiger partial charge in [0.05, 0.1) is 19.7 Å². The Morgan fingerprint density at radius 1 is 0.585 bits per heavy atom. The maximum atomic E-state index is 14.2. The van der Waals surface area contributed by atoms with E-state index in [0.717, 1.165) is 4.90 Å². The molecule has 11 amide bonds. The van der Waals surface area contributed by atoms with Gasteiger partial charge in [-0.15, -0.1) is 0 Å². The lowest BCUT2D eigenvalue weighted by Crippen LogP contribution is -2.60. The van der Waals surface area contributed by atoms with Crippen molar-refractivity contribution in [1.82, 2.24) is 58.1 Å². The number of aliphatic hydroxyl groups is 1. The van der Waals surface area contributed by atoms with Gasteiger partial charge in [-0.25, -0.2) is 0 Å². The second-order valence-electron chi connectivity index (χ2n) is 19.6. The Bertz CT molecular complexity index is 2550. The second kappa shape index (κ2) is 35.1. The van der Waals surface area contributed by atoms with Gasteiger partial charge in [0.2, 0.25) is 65.0 Å². The molecule has 450 valence electrons. The zero-order valence-corrected chi connectivity index (χ0v) is 46.5. The standard InChI is InChI=1S/C53H79N15O14/c1-30(44(73)60-31(2)45(74)65-37(20-13-23-57-53(55)56)47(76)62-32(3)52(81)82)61-48(77)39(26-35-17-9-6-10-18-35)66-50(79)41-21-14-24-68(41)51(80)40(29-69)67-49(78)38(25-34-15-7-5-8-16-34)64-43(72)28-58-42(71)27-59-46(75)36(63-33(4)70)19-11-12-22-54/h5-10,15-18,30-32,36-41,69H,11-14,19-29,54H2,1-4H3,(H,58,71)(H,59,75)(H,60,73)(H,61,77)(H,62,76)(H,63,70)(H,64,72)(H,65,74)(H,66,79)(H,67,78)(H,81,82)(H4,55,56,57)/t30-,31-,32-,36-,37-,38-,39-,40-,41-/m0/s1. The lowest BCUT2D eigenvalue weighted by molar-refractivity contribution is -0.143. The number of carbonyl (C=O) groups excluding carboxylic acids is 11. The number of carbonyl (C=O) groups is 12. The number of aliphatic carboxylic acids is 1. The molecule has 1 heterocycles. The van der Waals surface area contributed by atoms with Crippen LogP contribution in [0, 0.1) is 0 Å². The van der Waals surface area contributed by atoms with Crippen LogP contribution in [0.2, 0.25) is 0 Å². The maximum Gasteiger partial charge on any atom is 0.325 e. The maximum absolute atomic E-state index is 14.2. The van der Waals surface area contributed by atoms with E-state index in [1.165, 1.54) is 27.7 Å². The van der Waals surface area contributed by atoms with Crippen molar-refractivity contribution < 1.29 is 67.7 Å². The van der Waals surface area contributed by atoms with Crippen molar-refractivity contribution in [3.8, 4) is 0 Å². The second-order valence-corrected chi connectivity index (χ2v) is 19.6. The van der Waals surface area contributed by atoms with E-state index in [-0.39, 0.29) is 57.6 Å². The zero-order valence-electron chi connectivity index (χ0n) is 46.5. The molecule has 0 aliphatic carbocycles. The van der Waals surface area contributed by atoms with Gasteiger partial charge in [0.25, 0.3) is 0 Å². The van der Waals surface area contributed by atoms with Crippen molar-refractivity contribution >= 4 is 76.9 Å². The third-order valence-electron chi connectivity index (χ3n) is 12.8. The van der Waals surface area contributed by atoms with Gasteiger partial charge >= 0.3 is 5.97 Å². The number of nitrogens with one attached hydrogen (secondary N) is 10. The molecule has 1 aliphatic heterocycles. The summed E-state index contributed by atoms with van der Waals surface area (Å²) in [4.78, 5) is 163. The molecule has 0 spiro atoms. The minimum Gasteiger partial charge on any atom is -0.480 e. The van der Waals surface area contributed by atoms with E-state index in [2.05, 4.69) is 58.2 Å². The number of likely N-dealkylation sites (tertiary alicyclic amines) is 1. The highest BCUT2D eigenvalue weighted by Gasteiger charge is 2.40. The van der Waals surface area contributed by atoms with Gasteiger partial charge in [-0.05, 0) is 83.4 Å². The fraction of sp³-hybridized carbons (Fsp3) is 0.528. The molecular weight excluding hydrogens is 1070 g/mol. The number of guanidine groups is 1. The highest BCUT2D eigenvalue weighted by molar-refractivity contribution is 5.98. The number of amides is 11. The monoisotopic (exact) mass is 1150 g/mol. The Morgan fingerprint density at radius 2 is 1.09 bits per heavy atom. The first-order valence-corrected chi connectivity index (χ1v) is 26.8. The third-order valence-corrected chi connectivity index (χ3v) is 12.8. The van der Waals surface area contributed by atoms with E-state index >= 15 is 0 Å². The molecule has 1 aliphatic rings. The number of aliphatic imine (C=N–C) groups is 1. The van der Waals surface area contributed by atoms with E-state index in [1.54, 1.807) is 60.7 Å². The van der Waals surface area contributed by atoms with Crippen molar-refractivity contribution in [2.45, 2.75) is 140 Å². The number of hydrogen-bond acceptors (Lipinski definition) is 15. The summed E-state index contributed by atoms with van der Waals surface area (Å²) in [6.45, 7) is 3.51. The predicted molar refractivity (Wildman–Crippen MR) is 297 cm³/mol. The van der Waals surface area contributed by atoms with Crippen molar-refractivity contribution in [2.24, 2.45) is 22.2 Å². The van der Waals surface area contributed by atoms with Crippen LogP contribution in [0.4, 0.5) is 0 Å². The van der Waals surface area contributed by atoms with Gasteiger partial charge in [-0.3, -0.25) is 62.5 Å². The molecule has 9 atom stereocenters. The van der Waals surface area contributed by atoms with Crippen molar-refractivity contribution in [2.75, 3.05) is 39.3 Å². The van der Waals surface area contributed by atoms with Gasteiger partial charge in [0.15, 0.2) is 5.96 Å². The number of hydrogen-bond donors (Lipinski definition) is 15. The fourth-order valence-electron chi connectivity index (χ4n) is 8.36. The quantitative estimate of drug-likeness (QED) is 0.0177. The molecular formula is C53H79N15O14. The van der Waals surface area contributed by atoms with E-state index < -0.39 is 145 Å². The molecule has 82 heavy (non-hydrogen) atoms. The first-order valence-electron chi connectivity index (χ1n) is 26.8. The first kappa shape index (κ1) is 67.5. The smallest absolute Gasteiger partial charge is 0.325 e. The summed E-state index contributed by atoms with van der Waals surface area (Å²) < 4.78 is 0. The number of aliphatic hydroxyl groups excluding tert-OH is 1. The van der Waals surface area contributed by atoms with Crippen LogP contribution in [0.15, 0.2) is 65.7 Å². The average Bonchev–Trinajstić information content (AvgIpc) is 3.95. The highest BCUT2D eigenvalue weighted by atomic mass is 16.4. The number of carboxylic acids is 1. The van der Waals surface area contributed by atoms with Crippen LogP contribution in [0.5, 0.6) is 0 Å². The van der Waals surface area contributed by atoms with Gasteiger partial charge in [-0.2, -0.15) is 0 Å². The first-order chi connectivity index (χ1) is 38.9. The summed E-state index contributed by atoms with van der Waals surface area (Å²) in [7, 11) is 0. The minimum atomic E-state index is -1.62. The number of carboxylic acid groups (broad SMARTS) is 1. The van der Waals surface area contributed by atoms with Gasteiger partial charge in [0, 0.05) is 32.9 Å². The molecule has 0 saturated carbocycles. The Balaban J connectivity index is 1.70. The van der Waals surface area contributed by atoms with Crippen LogP contribution in [0.1, 0.15) is 83.8 Å². The predicted octanol–water partition coefficient (Wildman–Crippen LogP) is -5.09. The Hall–Kier alpha value is -8.73. The molecule has 0 aromatic heterocycles. The minimum absolute atomic E-state index is 0.00932. The number of nitrogens with two attached hydrogens (primary N) is 3. The summed E-state index contributed by atoms with van der Waals surface area (Å²) in [5.41, 5.74) is 17.5. The summed E-state index contributed by atoms with van der Waals surface area (Å²) in [6.07, 6.45) is 1.88. The molecule has 1 saturated heterocycles. The number of nitrogens with zero attached hydrogens (tertiary/aromatic N) is 2. The Kier molecular flexibility index (Phi) is 28.9. The molecule has 3 rings (SSSR count). The van der Waals surface area contributed by atoms with Crippen molar-refractivity contribution in [3.63, 3.8) is 0 Å². The van der Waals surface area contributed by atoms with Crippen LogP contribution in [0.3, 0.4) is 0 Å². The molecule has 2 aromatic rings. The van der Waals surface area contributed by atoms with Crippen molar-refractivity contribution in [1.29, 1.82) is 0 Å². The van der Waals surface area contributed by atoms with Crippen LogP contribution < -0.4 is 70.4 Å². The zero-order chi connectivity index (χ0) is 60.9. The van der Waals surface area contributed by atoms with Crippen LogP contribution in [-0.4, -0.2) is 186 Å². The molecule has 0 radical (unpaired) electrons. The van der Waals surface area contributed by atoms with Gasteiger partial charge in [-0.1, -0.05) is 60.7 Å². The normalized spacial score (nSPS) is 15.6. The third kappa shape index (κ3) is 23.9. The molecule has 2 aromatic carbocycles. The van der Waals surface area contributed by atoms with Crippen LogP contribution in [-0.2, 0) is 70.4 Å². The summed E-state index contributed by atoms with van der Waals surface area (Å²) in [5.74, 6) is -9.99. The highest BCUT2D eigenvalue weighted by Crippen LogP contribution is 2.20. The van der Waals surface area contributed by atoms with Gasteiger partial charge < -0.3 is 85.5 Å². The molecule has 29 heteroatoms. The molecule has 0 bridgehead atoms. The largest absolute Gasteiger partial charge is 0.480 e. The van der Waals surface area contributed by atoms with E-state index in [4.69, 9.17) is 17.2 Å².